The van der Waals surface area contributed by atoms with E-state index in [1.807, 2.05) is 30.3 Å². The summed E-state index contributed by atoms with van der Waals surface area (Å²) in [5.41, 5.74) is 1.75. The molecule has 2 aliphatic heterocycles. The standard InChI is InChI=1S/C23H30FN3O4S2/c24-22-16-21(25-20-11-14-26(15-12-20)32(28)29)10-9-19(22)17-27-13-5-4-8-23(33(27,30)31)18-6-2-1-3-7-18/h1-3,6-7,9-10,16,20,23,25H,4-5,8,11-15,17H2,(H,28,29). The van der Waals surface area contributed by atoms with Crippen molar-refractivity contribution in [1.82, 2.24) is 8.61 Å². The number of nitrogens with one attached hydrogen (secondary N) is 1. The first-order chi connectivity index (χ1) is 15.8. The van der Waals surface area contributed by atoms with E-state index in [9.17, 15) is 21.6 Å². The predicted octanol–water partition coefficient (Wildman–Crippen LogP) is 3.90. The van der Waals surface area contributed by atoms with Crippen molar-refractivity contribution in [2.75, 3.05) is 25.0 Å². The van der Waals surface area contributed by atoms with Crippen molar-refractivity contribution in [3.05, 3.63) is 65.5 Å². The molecule has 2 N–H and O–H groups in total. The summed E-state index contributed by atoms with van der Waals surface area (Å²) in [6.07, 6.45) is 3.49. The fraction of sp³-hybridized carbons (Fsp3) is 0.478. The lowest BCUT2D eigenvalue weighted by molar-refractivity contribution is 0.323. The normalized spacial score (nSPS) is 23.6. The van der Waals surface area contributed by atoms with Crippen LogP contribution in [0.3, 0.4) is 0 Å². The molecule has 10 heteroatoms. The molecular formula is C23H30FN3O4S2. The van der Waals surface area contributed by atoms with Crippen LogP contribution in [-0.4, -0.2) is 51.5 Å². The molecule has 33 heavy (non-hydrogen) atoms. The highest BCUT2D eigenvalue weighted by atomic mass is 32.2. The second-order valence-corrected chi connectivity index (χ2v) is 11.8. The average molecular weight is 496 g/mol. The Hall–Kier alpha value is -1.85. The van der Waals surface area contributed by atoms with Crippen LogP contribution in [0.5, 0.6) is 0 Å². The third-order valence-corrected chi connectivity index (χ3v) is 9.53. The molecule has 0 amide bonds. The van der Waals surface area contributed by atoms with Crippen LogP contribution in [-0.2, 0) is 27.8 Å². The monoisotopic (exact) mass is 495 g/mol. The lowest BCUT2D eigenvalue weighted by Gasteiger charge is -2.30. The molecule has 0 bridgehead atoms. The van der Waals surface area contributed by atoms with E-state index in [1.165, 1.54) is 14.7 Å². The Bertz CT molecular complexity index is 1080. The van der Waals surface area contributed by atoms with Gasteiger partial charge in [-0.15, -0.1) is 0 Å². The van der Waals surface area contributed by atoms with Crippen molar-refractivity contribution in [2.24, 2.45) is 0 Å². The molecule has 4 rings (SSSR count). The van der Waals surface area contributed by atoms with E-state index in [0.29, 0.717) is 50.1 Å². The molecule has 2 aliphatic rings. The van der Waals surface area contributed by atoms with Crippen molar-refractivity contribution in [3.63, 3.8) is 0 Å². The van der Waals surface area contributed by atoms with Gasteiger partial charge in [0.05, 0.1) is 0 Å². The van der Waals surface area contributed by atoms with E-state index in [4.69, 9.17) is 0 Å². The first kappa shape index (κ1) is 24.3. The maximum Gasteiger partial charge on any atom is 0.234 e. The molecule has 0 spiro atoms. The van der Waals surface area contributed by atoms with Crippen LogP contribution >= 0.6 is 0 Å². The number of piperidine rings is 1. The van der Waals surface area contributed by atoms with E-state index in [0.717, 1.165) is 18.4 Å². The largest absolute Gasteiger partial charge is 0.382 e. The smallest absolute Gasteiger partial charge is 0.234 e. The third kappa shape index (κ3) is 5.81. The van der Waals surface area contributed by atoms with E-state index >= 15 is 0 Å². The van der Waals surface area contributed by atoms with Gasteiger partial charge in [-0.1, -0.05) is 42.8 Å². The zero-order chi connectivity index (χ0) is 23.4. The molecule has 2 heterocycles. The Labute approximate surface area is 197 Å². The molecule has 2 aromatic rings. The van der Waals surface area contributed by atoms with E-state index in [-0.39, 0.29) is 12.6 Å². The Morgan fingerprint density at radius 1 is 1.03 bits per heavy atom. The Balaban J connectivity index is 1.44. The lowest BCUT2D eigenvalue weighted by atomic mass is 10.1. The van der Waals surface area contributed by atoms with Gasteiger partial charge in [0.15, 0.2) is 0 Å². The molecule has 2 aromatic carbocycles. The fourth-order valence-corrected chi connectivity index (χ4v) is 7.15. The Morgan fingerprint density at radius 3 is 2.42 bits per heavy atom. The maximum atomic E-state index is 15.0. The SMILES string of the molecule is O=S(O)N1CCC(Nc2ccc(CN3CCCCC(c4ccccc4)S3(=O)=O)c(F)c2)CC1. The highest BCUT2D eigenvalue weighted by Crippen LogP contribution is 2.34. The van der Waals surface area contributed by atoms with Crippen molar-refractivity contribution in [1.29, 1.82) is 0 Å². The van der Waals surface area contributed by atoms with Crippen LogP contribution in [0.4, 0.5) is 10.1 Å². The summed E-state index contributed by atoms with van der Waals surface area (Å²) >= 11 is -1.95. The summed E-state index contributed by atoms with van der Waals surface area (Å²) in [5, 5.41) is 2.68. The number of rotatable bonds is 6. The third-order valence-electron chi connectivity index (χ3n) is 6.46. The first-order valence-electron chi connectivity index (χ1n) is 11.3. The maximum absolute atomic E-state index is 15.0. The van der Waals surface area contributed by atoms with Crippen molar-refractivity contribution in [3.8, 4) is 0 Å². The minimum absolute atomic E-state index is 0.0124. The molecule has 2 saturated heterocycles. The van der Waals surface area contributed by atoms with Crippen molar-refractivity contribution in [2.45, 2.75) is 49.9 Å². The molecule has 2 unspecified atom stereocenters. The van der Waals surface area contributed by atoms with Gasteiger partial charge in [0, 0.05) is 43.5 Å². The summed E-state index contributed by atoms with van der Waals surface area (Å²) in [6.45, 7) is 1.39. The quantitative estimate of drug-likeness (QED) is 0.594. The average Bonchev–Trinajstić information content (AvgIpc) is 2.94. The van der Waals surface area contributed by atoms with Gasteiger partial charge >= 0.3 is 0 Å². The molecule has 0 aromatic heterocycles. The van der Waals surface area contributed by atoms with Crippen LogP contribution in [0.15, 0.2) is 48.5 Å². The van der Waals surface area contributed by atoms with E-state index < -0.39 is 32.4 Å². The van der Waals surface area contributed by atoms with Crippen LogP contribution < -0.4 is 5.32 Å². The van der Waals surface area contributed by atoms with Gasteiger partial charge in [0.25, 0.3) is 0 Å². The molecule has 180 valence electrons. The number of hydrogen-bond donors (Lipinski definition) is 2. The van der Waals surface area contributed by atoms with Gasteiger partial charge in [0.2, 0.25) is 21.3 Å². The van der Waals surface area contributed by atoms with Crippen LogP contribution in [0.25, 0.3) is 0 Å². The number of sulfonamides is 1. The lowest BCUT2D eigenvalue weighted by Crippen LogP contribution is -2.39. The number of halogens is 1. The summed E-state index contributed by atoms with van der Waals surface area (Å²) in [5.74, 6) is -0.440. The number of hydrogen-bond acceptors (Lipinski definition) is 4. The Kier molecular flexibility index (Phi) is 7.80. The topological polar surface area (TPSA) is 89.9 Å². The minimum Gasteiger partial charge on any atom is -0.382 e. The van der Waals surface area contributed by atoms with Crippen LogP contribution in [0.1, 0.15) is 48.5 Å². The minimum atomic E-state index is -3.61. The van der Waals surface area contributed by atoms with Gasteiger partial charge in [-0.3, -0.25) is 4.55 Å². The summed E-state index contributed by atoms with van der Waals surface area (Å²) in [6, 6.07) is 14.2. The molecule has 0 saturated carbocycles. The second-order valence-electron chi connectivity index (χ2n) is 8.66. The molecule has 0 radical (unpaired) electrons. The van der Waals surface area contributed by atoms with E-state index in [1.54, 1.807) is 12.1 Å². The number of nitrogens with zero attached hydrogens (tertiary/aromatic N) is 2. The zero-order valence-electron chi connectivity index (χ0n) is 18.4. The van der Waals surface area contributed by atoms with Gasteiger partial charge in [0.1, 0.15) is 11.1 Å². The molecule has 0 aliphatic carbocycles. The fourth-order valence-electron chi connectivity index (χ4n) is 4.60. The highest BCUT2D eigenvalue weighted by molar-refractivity contribution is 7.89. The van der Waals surface area contributed by atoms with Crippen molar-refractivity contribution < 1.29 is 21.6 Å². The van der Waals surface area contributed by atoms with E-state index in [2.05, 4.69) is 5.32 Å². The summed E-state index contributed by atoms with van der Waals surface area (Å²) in [7, 11) is -3.61. The van der Waals surface area contributed by atoms with Gasteiger partial charge < -0.3 is 5.32 Å². The number of benzene rings is 2. The van der Waals surface area contributed by atoms with Crippen LogP contribution in [0, 0.1) is 5.82 Å². The summed E-state index contributed by atoms with van der Waals surface area (Å²) in [4.78, 5) is 0. The molecule has 2 fully saturated rings. The summed E-state index contributed by atoms with van der Waals surface area (Å²) < 4.78 is 65.0. The second kappa shape index (κ2) is 10.6. The molecule has 2 atom stereocenters. The first-order valence-corrected chi connectivity index (χ1v) is 13.9. The predicted molar refractivity (Wildman–Crippen MR) is 128 cm³/mol. The number of anilines is 1. The van der Waals surface area contributed by atoms with Gasteiger partial charge in [-0.2, -0.15) is 4.31 Å². The molecular weight excluding hydrogens is 465 g/mol. The van der Waals surface area contributed by atoms with Gasteiger partial charge in [-0.25, -0.2) is 21.3 Å². The molecule has 7 nitrogen and oxygen atoms in total. The van der Waals surface area contributed by atoms with Crippen molar-refractivity contribution >= 4 is 27.0 Å². The van der Waals surface area contributed by atoms with Crippen LogP contribution in [0.2, 0.25) is 0 Å². The Morgan fingerprint density at radius 2 is 1.76 bits per heavy atom. The highest BCUT2D eigenvalue weighted by Gasteiger charge is 2.35. The zero-order valence-corrected chi connectivity index (χ0v) is 20.0. The van der Waals surface area contributed by atoms with Gasteiger partial charge in [-0.05, 0) is 43.4 Å².